The molecule has 0 bridgehead atoms. The van der Waals surface area contributed by atoms with Gasteiger partial charge in [0, 0.05) is 13.1 Å². The van der Waals surface area contributed by atoms with E-state index >= 15 is 0 Å². The number of carbonyl (C=O) groups is 1. The third kappa shape index (κ3) is 5.30. The van der Waals surface area contributed by atoms with Crippen LogP contribution in [0.15, 0.2) is 24.3 Å². The van der Waals surface area contributed by atoms with E-state index in [1.54, 1.807) is 0 Å². The third-order valence-electron chi connectivity index (χ3n) is 3.13. The summed E-state index contributed by atoms with van der Waals surface area (Å²) in [5.41, 5.74) is 1.16. The molecule has 1 aliphatic carbocycles. The Labute approximate surface area is 114 Å². The number of amides is 1. The number of carbonyl (C=O) groups excluding carboxylic acids is 1. The van der Waals surface area contributed by atoms with E-state index in [4.69, 9.17) is 4.74 Å². The maximum Gasteiger partial charge on any atom is 0.257 e. The van der Waals surface area contributed by atoms with E-state index in [0.29, 0.717) is 5.92 Å². The van der Waals surface area contributed by atoms with Crippen molar-refractivity contribution in [1.29, 1.82) is 0 Å². The molecule has 4 heteroatoms. The molecule has 0 radical (unpaired) electrons. The summed E-state index contributed by atoms with van der Waals surface area (Å²) in [6.07, 6.45) is 2.49. The average Bonchev–Trinajstić information content (AvgIpc) is 3.25. The molecular formula is C15H22N2O2. The minimum Gasteiger partial charge on any atom is -0.484 e. The molecule has 1 aliphatic rings. The number of nitrogens with one attached hydrogen (secondary N) is 2. The number of hydrogen-bond donors (Lipinski definition) is 2. The lowest BCUT2D eigenvalue weighted by Crippen LogP contribution is -2.30. The molecule has 1 saturated carbocycles. The molecule has 0 heterocycles. The molecule has 0 saturated heterocycles. The van der Waals surface area contributed by atoms with E-state index in [-0.39, 0.29) is 12.5 Å². The van der Waals surface area contributed by atoms with Crippen LogP contribution in [0.1, 0.15) is 25.3 Å². The Morgan fingerprint density at radius 1 is 1.42 bits per heavy atom. The Morgan fingerprint density at radius 2 is 2.26 bits per heavy atom. The summed E-state index contributed by atoms with van der Waals surface area (Å²) in [4.78, 5) is 11.6. The van der Waals surface area contributed by atoms with Crippen molar-refractivity contribution in [3.8, 4) is 5.75 Å². The highest BCUT2D eigenvalue weighted by molar-refractivity contribution is 5.77. The van der Waals surface area contributed by atoms with Gasteiger partial charge in [0.1, 0.15) is 5.75 Å². The molecule has 104 valence electrons. The summed E-state index contributed by atoms with van der Waals surface area (Å²) in [5.74, 6) is 1.41. The smallest absolute Gasteiger partial charge is 0.257 e. The van der Waals surface area contributed by atoms with Crippen LogP contribution in [0.4, 0.5) is 0 Å². The zero-order chi connectivity index (χ0) is 13.5. The third-order valence-corrected chi connectivity index (χ3v) is 3.13. The maximum absolute atomic E-state index is 11.6. The summed E-state index contributed by atoms with van der Waals surface area (Å²) < 4.78 is 5.50. The first-order chi connectivity index (χ1) is 9.28. The lowest BCUT2D eigenvalue weighted by Gasteiger charge is -2.08. The van der Waals surface area contributed by atoms with Gasteiger partial charge in [-0.15, -0.1) is 0 Å². The van der Waals surface area contributed by atoms with Crippen LogP contribution >= 0.6 is 0 Å². The summed E-state index contributed by atoms with van der Waals surface area (Å²) in [6.45, 7) is 4.72. The summed E-state index contributed by atoms with van der Waals surface area (Å²) >= 11 is 0. The molecule has 1 aromatic rings. The first kappa shape index (κ1) is 13.9. The van der Waals surface area contributed by atoms with Crippen LogP contribution in [0.25, 0.3) is 0 Å². The van der Waals surface area contributed by atoms with Gasteiger partial charge in [-0.25, -0.2) is 0 Å². The topological polar surface area (TPSA) is 50.4 Å². The van der Waals surface area contributed by atoms with E-state index in [1.807, 2.05) is 24.3 Å². The maximum atomic E-state index is 11.6. The van der Waals surface area contributed by atoms with Crippen LogP contribution in [0.5, 0.6) is 5.75 Å². The lowest BCUT2D eigenvalue weighted by molar-refractivity contribution is -0.123. The zero-order valence-corrected chi connectivity index (χ0v) is 11.4. The van der Waals surface area contributed by atoms with Gasteiger partial charge in [0.2, 0.25) is 0 Å². The molecule has 0 unspecified atom stereocenters. The number of ether oxygens (including phenoxy) is 1. The zero-order valence-electron chi connectivity index (χ0n) is 11.4. The highest BCUT2D eigenvalue weighted by Crippen LogP contribution is 2.27. The predicted octanol–water partition coefficient (Wildman–Crippen LogP) is 1.70. The van der Waals surface area contributed by atoms with E-state index in [2.05, 4.69) is 17.6 Å². The van der Waals surface area contributed by atoms with Gasteiger partial charge in [-0.1, -0.05) is 19.1 Å². The second kappa shape index (κ2) is 7.14. The van der Waals surface area contributed by atoms with Gasteiger partial charge in [-0.2, -0.15) is 0 Å². The molecule has 0 aliphatic heterocycles. The lowest BCUT2D eigenvalue weighted by atomic mass is 10.2. The normalized spacial score (nSPS) is 14.2. The van der Waals surface area contributed by atoms with Gasteiger partial charge in [-0.3, -0.25) is 4.79 Å². The van der Waals surface area contributed by atoms with Crippen molar-refractivity contribution in [2.24, 2.45) is 5.92 Å². The highest BCUT2D eigenvalue weighted by atomic mass is 16.5. The Morgan fingerprint density at radius 3 is 3.00 bits per heavy atom. The van der Waals surface area contributed by atoms with Crippen molar-refractivity contribution in [2.45, 2.75) is 26.3 Å². The van der Waals surface area contributed by atoms with Gasteiger partial charge < -0.3 is 15.4 Å². The molecule has 0 atom stereocenters. The van der Waals surface area contributed by atoms with Crippen LogP contribution in [-0.4, -0.2) is 25.6 Å². The number of hydrogen-bond acceptors (Lipinski definition) is 3. The molecule has 4 nitrogen and oxygen atoms in total. The summed E-state index contributed by atoms with van der Waals surface area (Å²) in [6, 6.07) is 7.84. The standard InChI is InChI=1S/C15H22N2O2/c1-2-16-9-13-4-3-5-14(8-13)19-11-15(18)17-10-12-6-7-12/h3-5,8,12,16H,2,6-7,9-11H2,1H3,(H,17,18). The van der Waals surface area contributed by atoms with Crippen molar-refractivity contribution in [3.63, 3.8) is 0 Å². The van der Waals surface area contributed by atoms with E-state index in [0.717, 1.165) is 30.9 Å². The first-order valence-electron chi connectivity index (χ1n) is 6.97. The SMILES string of the molecule is CCNCc1cccc(OCC(=O)NCC2CC2)c1. The molecule has 0 spiro atoms. The van der Waals surface area contributed by atoms with E-state index in [1.165, 1.54) is 12.8 Å². The fraction of sp³-hybridized carbons (Fsp3) is 0.533. The van der Waals surface area contributed by atoms with Crippen LogP contribution in [0.3, 0.4) is 0 Å². The van der Waals surface area contributed by atoms with Gasteiger partial charge in [0.25, 0.3) is 5.91 Å². The molecule has 0 aromatic heterocycles. The molecular weight excluding hydrogens is 240 g/mol. The van der Waals surface area contributed by atoms with Gasteiger partial charge >= 0.3 is 0 Å². The second-order valence-electron chi connectivity index (χ2n) is 4.96. The Hall–Kier alpha value is -1.55. The van der Waals surface area contributed by atoms with Gasteiger partial charge in [-0.05, 0) is 43.0 Å². The first-order valence-corrected chi connectivity index (χ1v) is 6.97. The molecule has 19 heavy (non-hydrogen) atoms. The van der Waals surface area contributed by atoms with Crippen LogP contribution < -0.4 is 15.4 Å². The highest BCUT2D eigenvalue weighted by Gasteiger charge is 2.21. The number of benzene rings is 1. The summed E-state index contributed by atoms with van der Waals surface area (Å²) in [7, 11) is 0. The second-order valence-corrected chi connectivity index (χ2v) is 4.96. The Kier molecular flexibility index (Phi) is 5.21. The van der Waals surface area contributed by atoms with Crippen molar-refractivity contribution >= 4 is 5.91 Å². The fourth-order valence-electron chi connectivity index (χ4n) is 1.79. The average molecular weight is 262 g/mol. The van der Waals surface area contributed by atoms with Crippen LogP contribution in [-0.2, 0) is 11.3 Å². The van der Waals surface area contributed by atoms with Gasteiger partial charge in [0.05, 0.1) is 0 Å². The fourth-order valence-corrected chi connectivity index (χ4v) is 1.79. The molecule has 1 aromatic carbocycles. The van der Waals surface area contributed by atoms with E-state index in [9.17, 15) is 4.79 Å². The molecule has 2 rings (SSSR count). The van der Waals surface area contributed by atoms with Crippen molar-refractivity contribution in [2.75, 3.05) is 19.7 Å². The van der Waals surface area contributed by atoms with Gasteiger partial charge in [0.15, 0.2) is 6.61 Å². The minimum absolute atomic E-state index is 0.0380. The predicted molar refractivity (Wildman–Crippen MR) is 75.1 cm³/mol. The van der Waals surface area contributed by atoms with E-state index < -0.39 is 0 Å². The van der Waals surface area contributed by atoms with Crippen molar-refractivity contribution in [3.05, 3.63) is 29.8 Å². The number of rotatable bonds is 8. The van der Waals surface area contributed by atoms with Crippen LogP contribution in [0, 0.1) is 5.92 Å². The Bertz CT molecular complexity index is 416. The molecule has 1 amide bonds. The monoisotopic (exact) mass is 262 g/mol. The minimum atomic E-state index is -0.0380. The Balaban J connectivity index is 1.72. The van der Waals surface area contributed by atoms with Crippen LogP contribution in [0.2, 0.25) is 0 Å². The van der Waals surface area contributed by atoms with Crippen molar-refractivity contribution in [1.82, 2.24) is 10.6 Å². The molecule has 1 fully saturated rings. The quantitative estimate of drug-likeness (QED) is 0.750. The van der Waals surface area contributed by atoms with Crippen molar-refractivity contribution < 1.29 is 9.53 Å². The largest absolute Gasteiger partial charge is 0.484 e. The molecule has 2 N–H and O–H groups in total. The summed E-state index contributed by atoms with van der Waals surface area (Å²) in [5, 5.41) is 6.15.